The third-order valence-corrected chi connectivity index (χ3v) is 7.28. The zero-order chi connectivity index (χ0) is 26.3. The first kappa shape index (κ1) is 26.1. The minimum absolute atomic E-state index is 0.0455. The monoisotopic (exact) mass is 532 g/mol. The Bertz CT molecular complexity index is 1340. The molecule has 198 valence electrons. The van der Waals surface area contributed by atoms with Crippen LogP contribution in [0.4, 0.5) is 5.69 Å². The average Bonchev–Trinajstić information content (AvgIpc) is 3.29. The molecule has 0 unspecified atom stereocenters. The van der Waals surface area contributed by atoms with Crippen LogP contribution in [0, 0.1) is 6.92 Å². The van der Waals surface area contributed by atoms with Gasteiger partial charge in [-0.1, -0.05) is 18.2 Å². The lowest BCUT2D eigenvalue weighted by Crippen LogP contribution is -2.50. The second-order valence-corrected chi connectivity index (χ2v) is 10.6. The van der Waals surface area contributed by atoms with Gasteiger partial charge in [0, 0.05) is 44.5 Å². The maximum absolute atomic E-state index is 12.6. The van der Waals surface area contributed by atoms with Crippen molar-refractivity contribution in [2.75, 3.05) is 51.2 Å². The van der Waals surface area contributed by atoms with Crippen LogP contribution >= 0.6 is 11.3 Å². The molecule has 0 radical (unpaired) electrons. The maximum Gasteiger partial charge on any atom is 0.238 e. The van der Waals surface area contributed by atoms with Crippen molar-refractivity contribution in [3.8, 4) is 17.2 Å². The molecule has 38 heavy (non-hydrogen) atoms. The summed E-state index contributed by atoms with van der Waals surface area (Å²) in [5.41, 5.74) is 1.66. The van der Waals surface area contributed by atoms with Crippen LogP contribution < -0.4 is 14.8 Å². The van der Waals surface area contributed by atoms with Crippen molar-refractivity contribution < 1.29 is 19.4 Å². The molecule has 3 aromatic carbocycles. The number of aliphatic hydroxyl groups excluding tert-OH is 1. The molecule has 0 saturated carbocycles. The van der Waals surface area contributed by atoms with E-state index in [2.05, 4.69) is 20.1 Å². The fourth-order valence-electron chi connectivity index (χ4n) is 4.42. The van der Waals surface area contributed by atoms with E-state index in [4.69, 9.17) is 9.47 Å². The summed E-state index contributed by atoms with van der Waals surface area (Å²) in [6.07, 6.45) is -0.591. The number of anilines is 1. The molecule has 0 spiro atoms. The second kappa shape index (κ2) is 12.4. The van der Waals surface area contributed by atoms with Crippen LogP contribution in [0.1, 0.15) is 5.01 Å². The molecule has 1 aliphatic heterocycles. The number of hydrogen-bond donors (Lipinski definition) is 2. The molecule has 1 aromatic heterocycles. The Kier molecular flexibility index (Phi) is 8.50. The molecule has 4 aromatic rings. The topological polar surface area (TPSA) is 87.2 Å². The molecule has 1 atom stereocenters. The summed E-state index contributed by atoms with van der Waals surface area (Å²) in [6, 6.07) is 22.8. The predicted octanol–water partition coefficient (Wildman–Crippen LogP) is 4.39. The van der Waals surface area contributed by atoms with E-state index in [1.54, 1.807) is 11.3 Å². The minimum atomic E-state index is -0.591. The molecule has 9 heteroatoms. The zero-order valence-corrected chi connectivity index (χ0v) is 22.2. The van der Waals surface area contributed by atoms with Gasteiger partial charge in [-0.25, -0.2) is 4.98 Å². The minimum Gasteiger partial charge on any atom is -0.491 e. The van der Waals surface area contributed by atoms with Crippen molar-refractivity contribution in [1.82, 2.24) is 14.8 Å². The highest BCUT2D eigenvalue weighted by molar-refractivity contribution is 7.18. The van der Waals surface area contributed by atoms with Gasteiger partial charge >= 0.3 is 0 Å². The first-order chi connectivity index (χ1) is 18.5. The number of para-hydroxylation sites is 1. The fourth-order valence-corrected chi connectivity index (χ4v) is 5.23. The van der Waals surface area contributed by atoms with Crippen LogP contribution in [0.15, 0.2) is 72.8 Å². The summed E-state index contributed by atoms with van der Waals surface area (Å²) in [5, 5.41) is 14.5. The van der Waals surface area contributed by atoms with E-state index < -0.39 is 6.10 Å². The van der Waals surface area contributed by atoms with Crippen LogP contribution in [-0.4, -0.2) is 77.8 Å². The Hall–Kier alpha value is -3.50. The molecule has 1 aliphatic rings. The summed E-state index contributed by atoms with van der Waals surface area (Å²) in [5.74, 6) is 2.16. The van der Waals surface area contributed by atoms with Gasteiger partial charge in [0.15, 0.2) is 0 Å². The van der Waals surface area contributed by atoms with Crippen LogP contribution in [0.5, 0.6) is 17.2 Å². The Balaban J connectivity index is 0.999. The number of fused-ring (bicyclic) bond motifs is 1. The second-order valence-electron chi connectivity index (χ2n) is 9.39. The Labute approximate surface area is 226 Å². The van der Waals surface area contributed by atoms with Crippen molar-refractivity contribution in [3.63, 3.8) is 0 Å². The van der Waals surface area contributed by atoms with Gasteiger partial charge in [0.05, 0.1) is 21.8 Å². The molecule has 1 saturated heterocycles. The lowest BCUT2D eigenvalue weighted by Gasteiger charge is -2.35. The SMILES string of the molecule is Cc1nc2cc(OC[C@H](O)CN3CCN(CC(=O)Nc4ccc(Oc5ccccc5)cc4)CC3)ccc2s1. The van der Waals surface area contributed by atoms with Crippen molar-refractivity contribution in [3.05, 3.63) is 77.8 Å². The number of carbonyl (C=O) groups is 1. The Morgan fingerprint density at radius 2 is 1.66 bits per heavy atom. The number of nitrogens with one attached hydrogen (secondary N) is 1. The number of ether oxygens (including phenoxy) is 2. The van der Waals surface area contributed by atoms with E-state index in [9.17, 15) is 9.90 Å². The highest BCUT2D eigenvalue weighted by atomic mass is 32.1. The van der Waals surface area contributed by atoms with E-state index in [0.717, 1.165) is 58.6 Å². The first-order valence-electron chi connectivity index (χ1n) is 12.8. The molecule has 0 bridgehead atoms. The third kappa shape index (κ3) is 7.29. The smallest absolute Gasteiger partial charge is 0.238 e. The van der Waals surface area contributed by atoms with Crippen LogP contribution in [0.3, 0.4) is 0 Å². The third-order valence-electron chi connectivity index (χ3n) is 6.33. The van der Waals surface area contributed by atoms with Crippen molar-refractivity contribution in [2.24, 2.45) is 0 Å². The van der Waals surface area contributed by atoms with Crippen molar-refractivity contribution >= 4 is 33.1 Å². The number of β-amino-alcohol motifs (C(OH)–C–C–N with tert-alkyl or cyclic N) is 1. The number of thiazole rings is 1. The van der Waals surface area contributed by atoms with E-state index in [-0.39, 0.29) is 12.5 Å². The molecule has 0 aliphatic carbocycles. The van der Waals surface area contributed by atoms with Gasteiger partial charge < -0.3 is 19.9 Å². The predicted molar refractivity (Wildman–Crippen MR) is 150 cm³/mol. The van der Waals surface area contributed by atoms with Gasteiger partial charge in [0.25, 0.3) is 0 Å². The lowest BCUT2D eigenvalue weighted by molar-refractivity contribution is -0.117. The average molecular weight is 533 g/mol. The van der Waals surface area contributed by atoms with Crippen molar-refractivity contribution in [2.45, 2.75) is 13.0 Å². The fraction of sp³-hybridized carbons (Fsp3) is 0.310. The molecule has 8 nitrogen and oxygen atoms in total. The van der Waals surface area contributed by atoms with Crippen molar-refractivity contribution in [1.29, 1.82) is 0 Å². The van der Waals surface area contributed by atoms with E-state index in [0.29, 0.717) is 18.8 Å². The largest absolute Gasteiger partial charge is 0.491 e. The van der Waals surface area contributed by atoms with Gasteiger partial charge in [0.1, 0.15) is 30.0 Å². The summed E-state index contributed by atoms with van der Waals surface area (Å²) >= 11 is 1.66. The highest BCUT2D eigenvalue weighted by Crippen LogP contribution is 2.26. The van der Waals surface area contributed by atoms with E-state index in [1.807, 2.05) is 79.7 Å². The quantitative estimate of drug-likeness (QED) is 0.313. The number of hydrogen-bond acceptors (Lipinski definition) is 8. The highest BCUT2D eigenvalue weighted by Gasteiger charge is 2.21. The van der Waals surface area contributed by atoms with Gasteiger partial charge in [-0.05, 0) is 55.5 Å². The Morgan fingerprint density at radius 3 is 2.42 bits per heavy atom. The molecule has 5 rings (SSSR count). The summed E-state index contributed by atoms with van der Waals surface area (Å²) in [7, 11) is 0. The summed E-state index contributed by atoms with van der Waals surface area (Å²) < 4.78 is 12.7. The molecular weight excluding hydrogens is 500 g/mol. The molecule has 2 N–H and O–H groups in total. The number of aromatic nitrogens is 1. The summed E-state index contributed by atoms with van der Waals surface area (Å²) in [6.45, 7) is 6.21. The Morgan fingerprint density at radius 1 is 0.974 bits per heavy atom. The van der Waals surface area contributed by atoms with Crippen LogP contribution in [0.25, 0.3) is 10.2 Å². The van der Waals surface area contributed by atoms with Crippen LogP contribution in [-0.2, 0) is 4.79 Å². The number of benzene rings is 3. The van der Waals surface area contributed by atoms with E-state index >= 15 is 0 Å². The number of amides is 1. The number of aryl methyl sites for hydroxylation is 1. The standard InChI is InChI=1S/C29H32N4O4S/c1-21-30-27-17-26(11-12-28(27)38-21)36-20-23(34)18-32-13-15-33(16-14-32)19-29(35)31-22-7-9-25(10-8-22)37-24-5-3-2-4-6-24/h2-12,17,23,34H,13-16,18-20H2,1H3,(H,31,35)/t23-/m1/s1. The molecule has 1 amide bonds. The number of carbonyl (C=O) groups excluding carboxylic acids is 1. The van der Waals surface area contributed by atoms with Gasteiger partial charge in [0.2, 0.25) is 5.91 Å². The zero-order valence-electron chi connectivity index (χ0n) is 21.4. The van der Waals surface area contributed by atoms with Crippen LogP contribution in [0.2, 0.25) is 0 Å². The first-order valence-corrected chi connectivity index (χ1v) is 13.6. The van der Waals surface area contributed by atoms with Gasteiger partial charge in [-0.3, -0.25) is 14.6 Å². The normalized spacial score (nSPS) is 15.3. The molecular formula is C29H32N4O4S. The lowest BCUT2D eigenvalue weighted by atomic mass is 10.2. The molecule has 2 heterocycles. The maximum atomic E-state index is 12.6. The number of rotatable bonds is 10. The van der Waals surface area contributed by atoms with E-state index in [1.165, 1.54) is 0 Å². The summed E-state index contributed by atoms with van der Waals surface area (Å²) in [4.78, 5) is 21.4. The van der Waals surface area contributed by atoms with Gasteiger partial charge in [-0.2, -0.15) is 0 Å². The molecule has 1 fully saturated rings. The number of aliphatic hydroxyl groups is 1. The number of nitrogens with zero attached hydrogens (tertiary/aromatic N) is 3. The van der Waals surface area contributed by atoms with Gasteiger partial charge in [-0.15, -0.1) is 11.3 Å². The number of piperazine rings is 1.